The highest BCUT2D eigenvalue weighted by atomic mass is 35.5. The Morgan fingerprint density at radius 3 is 2.57 bits per heavy atom. The maximum Gasteiger partial charge on any atom is 0.345 e. The summed E-state index contributed by atoms with van der Waals surface area (Å²) < 4.78 is 11.0. The van der Waals surface area contributed by atoms with Crippen molar-refractivity contribution in [3.63, 3.8) is 0 Å². The maximum atomic E-state index is 12.5. The lowest BCUT2D eigenvalue weighted by atomic mass is 10.1. The summed E-state index contributed by atoms with van der Waals surface area (Å²) in [5.41, 5.74) is 1.39. The van der Waals surface area contributed by atoms with E-state index in [0.717, 1.165) is 5.56 Å². The molecule has 0 aromatic heterocycles. The number of carbonyl (C=O) groups excluding carboxylic acids is 2. The summed E-state index contributed by atoms with van der Waals surface area (Å²) in [4.78, 5) is 24.8. The smallest absolute Gasteiger partial charge is 0.345 e. The van der Waals surface area contributed by atoms with E-state index in [1.807, 2.05) is 6.07 Å². The molecule has 0 fully saturated rings. The number of Topliss-reactive ketones (excluding diaryl/α,β-unsaturated/α-hetero) is 1. The number of rotatable bonds is 3. The molecule has 4 rings (SSSR count). The maximum absolute atomic E-state index is 12.5. The predicted octanol–water partition coefficient (Wildman–Crippen LogP) is 5.83. The van der Waals surface area contributed by atoms with Crippen LogP contribution in [0.1, 0.15) is 26.3 Å². The van der Waals surface area contributed by atoms with Gasteiger partial charge in [-0.25, -0.2) is 4.79 Å². The molecule has 0 bridgehead atoms. The van der Waals surface area contributed by atoms with Gasteiger partial charge in [0.1, 0.15) is 11.5 Å². The standard InChI is InChI=1S/C22H12Cl2O4/c23-14-5-3-4-13(10-14)11-20-21(25)17-9-8-15(12-19(17)28-20)27-22(26)16-6-1-2-7-18(16)24/h1-12H/b20-11-. The van der Waals surface area contributed by atoms with Gasteiger partial charge in [-0.2, -0.15) is 0 Å². The zero-order chi connectivity index (χ0) is 19.7. The Morgan fingerprint density at radius 2 is 1.79 bits per heavy atom. The highest BCUT2D eigenvalue weighted by molar-refractivity contribution is 6.33. The summed E-state index contributed by atoms with van der Waals surface area (Å²) in [7, 11) is 0. The van der Waals surface area contributed by atoms with Crippen LogP contribution in [-0.2, 0) is 0 Å². The normalized spacial score (nSPS) is 13.9. The first-order valence-corrected chi connectivity index (χ1v) is 9.07. The number of fused-ring (bicyclic) bond motifs is 1. The van der Waals surface area contributed by atoms with Gasteiger partial charge < -0.3 is 9.47 Å². The fourth-order valence-electron chi connectivity index (χ4n) is 2.77. The number of allylic oxidation sites excluding steroid dienone is 1. The molecular weight excluding hydrogens is 399 g/mol. The van der Waals surface area contributed by atoms with Crippen molar-refractivity contribution in [2.75, 3.05) is 0 Å². The van der Waals surface area contributed by atoms with Gasteiger partial charge in [0.15, 0.2) is 5.76 Å². The van der Waals surface area contributed by atoms with Gasteiger partial charge in [-0.15, -0.1) is 0 Å². The third-order valence-electron chi connectivity index (χ3n) is 4.09. The number of ketones is 1. The molecule has 3 aromatic carbocycles. The Hall–Kier alpha value is -3.08. The van der Waals surface area contributed by atoms with Gasteiger partial charge in [-0.3, -0.25) is 4.79 Å². The topological polar surface area (TPSA) is 52.6 Å². The molecule has 0 saturated heterocycles. The fourth-order valence-corrected chi connectivity index (χ4v) is 3.18. The fraction of sp³-hybridized carbons (Fsp3) is 0. The summed E-state index contributed by atoms with van der Waals surface area (Å²) in [5.74, 6) is -0.0985. The molecule has 0 atom stereocenters. The summed E-state index contributed by atoms with van der Waals surface area (Å²) in [6.45, 7) is 0. The lowest BCUT2D eigenvalue weighted by molar-refractivity contribution is 0.0734. The number of benzene rings is 3. The van der Waals surface area contributed by atoms with Gasteiger partial charge >= 0.3 is 5.97 Å². The predicted molar refractivity (Wildman–Crippen MR) is 107 cm³/mol. The quantitative estimate of drug-likeness (QED) is 0.309. The van der Waals surface area contributed by atoms with Crippen LogP contribution in [0.2, 0.25) is 10.0 Å². The average molecular weight is 411 g/mol. The van der Waals surface area contributed by atoms with Crippen LogP contribution in [0.5, 0.6) is 11.5 Å². The van der Waals surface area contributed by atoms with Gasteiger partial charge in [0.05, 0.1) is 16.1 Å². The largest absolute Gasteiger partial charge is 0.452 e. The molecule has 1 heterocycles. The highest BCUT2D eigenvalue weighted by Crippen LogP contribution is 2.35. The van der Waals surface area contributed by atoms with E-state index in [-0.39, 0.29) is 22.9 Å². The van der Waals surface area contributed by atoms with Crippen LogP contribution in [0.25, 0.3) is 6.08 Å². The second-order valence-corrected chi connectivity index (χ2v) is 6.87. The first-order chi connectivity index (χ1) is 13.5. The van der Waals surface area contributed by atoms with Crippen LogP contribution >= 0.6 is 23.2 Å². The lowest BCUT2D eigenvalue weighted by Crippen LogP contribution is -2.09. The molecule has 1 aliphatic heterocycles. The zero-order valence-electron chi connectivity index (χ0n) is 14.3. The summed E-state index contributed by atoms with van der Waals surface area (Å²) in [6, 6.07) is 18.3. The van der Waals surface area contributed by atoms with E-state index in [1.165, 1.54) is 12.1 Å². The minimum absolute atomic E-state index is 0.173. The molecule has 4 nitrogen and oxygen atoms in total. The van der Waals surface area contributed by atoms with Crippen molar-refractivity contribution < 1.29 is 19.1 Å². The zero-order valence-corrected chi connectivity index (χ0v) is 15.8. The number of hydrogen-bond donors (Lipinski definition) is 0. The SMILES string of the molecule is O=C(Oc1ccc2c(c1)O/C(=C\c1cccc(Cl)c1)C2=O)c1ccccc1Cl. The van der Waals surface area contributed by atoms with Crippen molar-refractivity contribution in [2.45, 2.75) is 0 Å². The molecule has 28 heavy (non-hydrogen) atoms. The molecule has 0 N–H and O–H groups in total. The number of ether oxygens (including phenoxy) is 2. The molecule has 0 radical (unpaired) electrons. The Labute approximate surface area is 170 Å². The van der Waals surface area contributed by atoms with E-state index in [1.54, 1.807) is 54.6 Å². The number of esters is 1. The van der Waals surface area contributed by atoms with Gasteiger partial charge in [0, 0.05) is 11.1 Å². The number of halogens is 2. The van der Waals surface area contributed by atoms with Crippen LogP contribution < -0.4 is 9.47 Å². The number of carbonyl (C=O) groups is 2. The van der Waals surface area contributed by atoms with Crippen LogP contribution in [0.15, 0.2) is 72.5 Å². The van der Waals surface area contributed by atoms with Gasteiger partial charge in [0.2, 0.25) is 5.78 Å². The Balaban J connectivity index is 1.57. The van der Waals surface area contributed by atoms with E-state index in [0.29, 0.717) is 21.4 Å². The Kier molecular flexibility index (Phi) is 4.90. The molecule has 0 saturated carbocycles. The van der Waals surface area contributed by atoms with Crippen LogP contribution in [0.3, 0.4) is 0 Å². The second-order valence-electron chi connectivity index (χ2n) is 6.02. The minimum atomic E-state index is -0.593. The van der Waals surface area contributed by atoms with E-state index in [2.05, 4.69) is 0 Å². The van der Waals surface area contributed by atoms with Crippen molar-refractivity contribution >= 4 is 41.0 Å². The minimum Gasteiger partial charge on any atom is -0.452 e. The molecule has 1 aliphatic rings. The third-order valence-corrected chi connectivity index (χ3v) is 4.66. The van der Waals surface area contributed by atoms with Crippen molar-refractivity contribution in [1.29, 1.82) is 0 Å². The second kappa shape index (κ2) is 7.50. The van der Waals surface area contributed by atoms with E-state index >= 15 is 0 Å². The molecule has 3 aromatic rings. The number of hydrogen-bond acceptors (Lipinski definition) is 4. The Bertz CT molecular complexity index is 1130. The highest BCUT2D eigenvalue weighted by Gasteiger charge is 2.28. The molecule has 0 amide bonds. The van der Waals surface area contributed by atoms with Crippen molar-refractivity contribution in [3.8, 4) is 11.5 Å². The first kappa shape index (κ1) is 18.3. The van der Waals surface area contributed by atoms with Crippen molar-refractivity contribution in [2.24, 2.45) is 0 Å². The molecule has 0 unspecified atom stereocenters. The van der Waals surface area contributed by atoms with E-state index in [4.69, 9.17) is 32.7 Å². The molecular formula is C22H12Cl2O4. The van der Waals surface area contributed by atoms with Gasteiger partial charge in [0.25, 0.3) is 0 Å². The Morgan fingerprint density at radius 1 is 0.964 bits per heavy atom. The molecule has 6 heteroatoms. The lowest BCUT2D eigenvalue weighted by Gasteiger charge is -2.06. The van der Waals surface area contributed by atoms with Gasteiger partial charge in [-0.1, -0.05) is 47.5 Å². The molecule has 0 aliphatic carbocycles. The summed E-state index contributed by atoms with van der Waals surface area (Å²) >= 11 is 12.0. The monoisotopic (exact) mass is 410 g/mol. The summed E-state index contributed by atoms with van der Waals surface area (Å²) in [5, 5.41) is 0.859. The summed E-state index contributed by atoms with van der Waals surface area (Å²) in [6.07, 6.45) is 1.61. The van der Waals surface area contributed by atoms with Crippen LogP contribution in [-0.4, -0.2) is 11.8 Å². The first-order valence-electron chi connectivity index (χ1n) is 8.32. The van der Waals surface area contributed by atoms with Crippen molar-refractivity contribution in [1.82, 2.24) is 0 Å². The van der Waals surface area contributed by atoms with E-state index < -0.39 is 5.97 Å². The van der Waals surface area contributed by atoms with E-state index in [9.17, 15) is 9.59 Å². The van der Waals surface area contributed by atoms with Crippen LogP contribution in [0, 0.1) is 0 Å². The molecule has 138 valence electrons. The molecule has 0 spiro atoms. The third kappa shape index (κ3) is 3.65. The van der Waals surface area contributed by atoms with Gasteiger partial charge in [-0.05, 0) is 48.0 Å². The van der Waals surface area contributed by atoms with Crippen LogP contribution in [0.4, 0.5) is 0 Å². The van der Waals surface area contributed by atoms with Crippen molar-refractivity contribution in [3.05, 3.63) is 99.2 Å². The average Bonchev–Trinajstić information content (AvgIpc) is 2.97.